The van der Waals surface area contributed by atoms with E-state index >= 15 is 0 Å². The van der Waals surface area contributed by atoms with Gasteiger partial charge in [-0.25, -0.2) is 0 Å². The lowest BCUT2D eigenvalue weighted by Crippen LogP contribution is -2.09. The molecule has 0 saturated heterocycles. The number of amides is 1. The van der Waals surface area contributed by atoms with Crippen molar-refractivity contribution in [1.29, 1.82) is 0 Å². The normalized spacial score (nSPS) is 10.2. The number of hydrogen-bond donors (Lipinski definition) is 1. The highest BCUT2D eigenvalue weighted by atomic mass is 16.1. The quantitative estimate of drug-likeness (QED) is 0.806. The van der Waals surface area contributed by atoms with Crippen molar-refractivity contribution in [2.45, 2.75) is 6.42 Å². The highest BCUT2D eigenvalue weighted by molar-refractivity contribution is 5.93. The van der Waals surface area contributed by atoms with Gasteiger partial charge in [-0.2, -0.15) is 0 Å². The summed E-state index contributed by atoms with van der Waals surface area (Å²) < 4.78 is 0. The first-order valence-electron chi connectivity index (χ1n) is 4.73. The number of fused-ring (bicyclic) bond motifs is 1. The molecule has 0 unspecified atom stereocenters. The Bertz CT molecular complexity index is 494. The molecule has 0 aliphatic rings. The number of pyridine rings is 1. The molecule has 0 aliphatic heterocycles. The number of nitrogens with zero attached hydrogens (tertiary/aromatic N) is 1. The second-order valence-electron chi connectivity index (χ2n) is 3.21. The third-order valence-corrected chi connectivity index (χ3v) is 2.10. The van der Waals surface area contributed by atoms with Crippen LogP contribution in [0.25, 0.3) is 10.9 Å². The van der Waals surface area contributed by atoms with Crippen LogP contribution in [-0.4, -0.2) is 10.9 Å². The van der Waals surface area contributed by atoms with E-state index in [2.05, 4.69) is 17.2 Å². The molecule has 0 saturated carbocycles. The third-order valence-electron chi connectivity index (χ3n) is 2.10. The maximum atomic E-state index is 11.1. The van der Waals surface area contributed by atoms with Gasteiger partial charge in [0.25, 0.3) is 0 Å². The van der Waals surface area contributed by atoms with Gasteiger partial charge in [0.05, 0.1) is 17.4 Å². The van der Waals surface area contributed by atoms with Crippen molar-refractivity contribution in [3.63, 3.8) is 0 Å². The van der Waals surface area contributed by atoms with E-state index in [1.54, 1.807) is 6.20 Å². The van der Waals surface area contributed by atoms with Gasteiger partial charge in [0.1, 0.15) is 0 Å². The summed E-state index contributed by atoms with van der Waals surface area (Å²) in [6, 6.07) is 9.67. The maximum absolute atomic E-state index is 11.1. The van der Waals surface area contributed by atoms with Crippen LogP contribution in [0.15, 0.2) is 36.5 Å². The molecule has 1 amide bonds. The van der Waals surface area contributed by atoms with Gasteiger partial charge >= 0.3 is 0 Å². The van der Waals surface area contributed by atoms with Gasteiger partial charge in [-0.05, 0) is 19.1 Å². The van der Waals surface area contributed by atoms with E-state index in [4.69, 9.17) is 0 Å². The SMILES string of the molecule is [CH2]CC(=O)Nc1cnc2ccccc2c1. The standard InChI is InChI=1S/C12H11N2O/c1-2-12(15)14-10-7-9-5-3-4-6-11(9)13-8-10/h3-8H,1-2H2,(H,14,15). The first-order valence-corrected chi connectivity index (χ1v) is 4.73. The molecule has 1 aromatic heterocycles. The topological polar surface area (TPSA) is 42.0 Å². The molecule has 1 N–H and O–H groups in total. The van der Waals surface area contributed by atoms with Crippen molar-refractivity contribution in [2.24, 2.45) is 0 Å². The van der Waals surface area contributed by atoms with Gasteiger partial charge < -0.3 is 5.32 Å². The Labute approximate surface area is 88.1 Å². The molecule has 1 heterocycles. The lowest BCUT2D eigenvalue weighted by molar-refractivity contribution is -0.115. The second-order valence-corrected chi connectivity index (χ2v) is 3.21. The Morgan fingerprint density at radius 1 is 1.40 bits per heavy atom. The van der Waals surface area contributed by atoms with Crippen LogP contribution in [0.3, 0.4) is 0 Å². The minimum Gasteiger partial charge on any atom is -0.325 e. The Hall–Kier alpha value is -1.90. The number of anilines is 1. The van der Waals surface area contributed by atoms with E-state index in [0.717, 1.165) is 10.9 Å². The molecule has 2 rings (SSSR count). The minimum atomic E-state index is -0.105. The molecule has 0 spiro atoms. The summed E-state index contributed by atoms with van der Waals surface area (Å²) >= 11 is 0. The first kappa shape index (κ1) is 9.65. The van der Waals surface area contributed by atoms with E-state index in [1.165, 1.54) is 0 Å². The van der Waals surface area contributed by atoms with Crippen molar-refractivity contribution in [2.75, 3.05) is 5.32 Å². The Morgan fingerprint density at radius 3 is 3.00 bits per heavy atom. The molecule has 0 fully saturated rings. The van der Waals surface area contributed by atoms with Crippen LogP contribution in [-0.2, 0) is 4.79 Å². The molecule has 3 nitrogen and oxygen atoms in total. The van der Waals surface area contributed by atoms with Gasteiger partial charge in [0, 0.05) is 11.8 Å². The lowest BCUT2D eigenvalue weighted by atomic mass is 10.2. The molecule has 0 atom stereocenters. The largest absolute Gasteiger partial charge is 0.325 e. The van der Waals surface area contributed by atoms with E-state index < -0.39 is 0 Å². The summed E-state index contributed by atoms with van der Waals surface area (Å²) in [4.78, 5) is 15.3. The average molecular weight is 199 g/mol. The number of para-hydroxylation sites is 1. The van der Waals surface area contributed by atoms with Gasteiger partial charge in [-0.1, -0.05) is 18.2 Å². The number of carbonyl (C=O) groups excluding carboxylic acids is 1. The molecule has 0 bridgehead atoms. The van der Waals surface area contributed by atoms with Crippen molar-refractivity contribution in [1.82, 2.24) is 4.98 Å². The number of benzene rings is 1. The summed E-state index contributed by atoms with van der Waals surface area (Å²) in [6.45, 7) is 3.51. The van der Waals surface area contributed by atoms with Crippen molar-refractivity contribution in [3.8, 4) is 0 Å². The fourth-order valence-electron chi connectivity index (χ4n) is 1.36. The molecule has 3 heteroatoms. The average Bonchev–Trinajstić information content (AvgIpc) is 2.29. The number of hydrogen-bond acceptors (Lipinski definition) is 2. The summed E-state index contributed by atoms with van der Waals surface area (Å²) in [7, 11) is 0. The van der Waals surface area contributed by atoms with Crippen LogP contribution in [0.5, 0.6) is 0 Å². The minimum absolute atomic E-state index is 0.105. The van der Waals surface area contributed by atoms with Crippen LogP contribution >= 0.6 is 0 Å². The van der Waals surface area contributed by atoms with Gasteiger partial charge in [0.2, 0.25) is 5.91 Å². The molecule has 0 aliphatic carbocycles. The Balaban J connectivity index is 2.34. The predicted octanol–water partition coefficient (Wildman–Crippen LogP) is 2.40. The van der Waals surface area contributed by atoms with Gasteiger partial charge in [-0.3, -0.25) is 9.78 Å². The van der Waals surface area contributed by atoms with Crippen LogP contribution in [0.2, 0.25) is 0 Å². The molecule has 15 heavy (non-hydrogen) atoms. The summed E-state index contributed by atoms with van der Waals surface area (Å²) in [5.74, 6) is -0.105. The number of carbonyl (C=O) groups is 1. The van der Waals surface area contributed by atoms with Crippen LogP contribution < -0.4 is 5.32 Å². The number of rotatable bonds is 2. The van der Waals surface area contributed by atoms with Crippen LogP contribution in [0.4, 0.5) is 5.69 Å². The number of nitrogens with one attached hydrogen (secondary N) is 1. The highest BCUT2D eigenvalue weighted by Gasteiger charge is 2.00. The second kappa shape index (κ2) is 4.09. The van der Waals surface area contributed by atoms with Crippen LogP contribution in [0.1, 0.15) is 6.42 Å². The maximum Gasteiger partial charge on any atom is 0.224 e. The van der Waals surface area contributed by atoms with Gasteiger partial charge in [-0.15, -0.1) is 0 Å². The monoisotopic (exact) mass is 199 g/mol. The van der Waals surface area contributed by atoms with Crippen molar-refractivity contribution in [3.05, 3.63) is 43.5 Å². The molecule has 2 aromatic rings. The zero-order valence-corrected chi connectivity index (χ0v) is 8.23. The zero-order chi connectivity index (χ0) is 10.7. The summed E-state index contributed by atoms with van der Waals surface area (Å²) in [5.41, 5.74) is 1.63. The molecular formula is C12H11N2O. The fourth-order valence-corrected chi connectivity index (χ4v) is 1.36. The molecule has 75 valence electrons. The van der Waals surface area contributed by atoms with Gasteiger partial charge in [0.15, 0.2) is 0 Å². The third kappa shape index (κ3) is 2.13. The Morgan fingerprint density at radius 2 is 2.20 bits per heavy atom. The summed E-state index contributed by atoms with van der Waals surface area (Å²) in [5, 5.41) is 3.73. The van der Waals surface area contributed by atoms with Crippen molar-refractivity contribution < 1.29 is 4.79 Å². The van der Waals surface area contributed by atoms with Crippen molar-refractivity contribution >= 4 is 22.5 Å². The Kier molecular flexibility index (Phi) is 2.63. The summed E-state index contributed by atoms with van der Waals surface area (Å²) in [6.07, 6.45) is 1.88. The van der Waals surface area contributed by atoms with E-state index in [-0.39, 0.29) is 12.3 Å². The van der Waals surface area contributed by atoms with Crippen LogP contribution in [0, 0.1) is 6.92 Å². The van der Waals surface area contributed by atoms with E-state index in [9.17, 15) is 4.79 Å². The van der Waals surface area contributed by atoms with E-state index in [1.807, 2.05) is 30.3 Å². The zero-order valence-electron chi connectivity index (χ0n) is 8.23. The molecule has 1 radical (unpaired) electrons. The smallest absolute Gasteiger partial charge is 0.224 e. The fraction of sp³-hybridized carbons (Fsp3) is 0.0833. The van der Waals surface area contributed by atoms with E-state index in [0.29, 0.717) is 5.69 Å². The lowest BCUT2D eigenvalue weighted by Gasteiger charge is -2.03. The highest BCUT2D eigenvalue weighted by Crippen LogP contribution is 2.15. The molecule has 1 aromatic carbocycles. The first-order chi connectivity index (χ1) is 7.29. The molecular weight excluding hydrogens is 188 g/mol. The predicted molar refractivity (Wildman–Crippen MR) is 60.3 cm³/mol. The number of aromatic nitrogens is 1.